The van der Waals surface area contributed by atoms with E-state index in [1.807, 2.05) is 32.8 Å². The summed E-state index contributed by atoms with van der Waals surface area (Å²) in [7, 11) is 3.84. The number of aliphatic hydroxyl groups is 1. The van der Waals surface area contributed by atoms with Crippen molar-refractivity contribution in [2.75, 3.05) is 14.1 Å². The summed E-state index contributed by atoms with van der Waals surface area (Å²) in [6.07, 6.45) is -0.686. The minimum absolute atomic E-state index is 0.408. The monoisotopic (exact) mass is 261 g/mol. The van der Waals surface area contributed by atoms with Crippen molar-refractivity contribution < 1.29 is 5.11 Å². The van der Waals surface area contributed by atoms with Gasteiger partial charge in [0.05, 0.1) is 6.10 Å². The summed E-state index contributed by atoms with van der Waals surface area (Å²) in [5.41, 5.74) is 0.252. The van der Waals surface area contributed by atoms with E-state index in [1.165, 1.54) is 0 Å². The summed E-state index contributed by atoms with van der Waals surface area (Å²) in [6, 6.07) is 5.12. The smallest absolute Gasteiger partial charge is 0.0982 e. The van der Waals surface area contributed by atoms with Crippen molar-refractivity contribution in [3.8, 4) is 0 Å². The summed E-state index contributed by atoms with van der Waals surface area (Å²) in [4.78, 5) is 1.95. The molecule has 2 nitrogen and oxygen atoms in total. The summed E-state index contributed by atoms with van der Waals surface area (Å²) in [5.74, 6) is 0. The number of benzene rings is 1. The standard InChI is InChI=1S/C12H17Cl2NO/c1-12(2,15(3)4)11(16)9-7-8(13)5-6-10(9)14/h5-7,11,16H,1-4H3. The topological polar surface area (TPSA) is 23.5 Å². The lowest BCUT2D eigenvalue weighted by Gasteiger charge is -2.37. The molecule has 1 aromatic rings. The van der Waals surface area contributed by atoms with Gasteiger partial charge in [-0.1, -0.05) is 23.2 Å². The zero-order valence-electron chi connectivity index (χ0n) is 9.96. The van der Waals surface area contributed by atoms with Gasteiger partial charge in [-0.05, 0) is 46.1 Å². The predicted molar refractivity (Wildman–Crippen MR) is 69.2 cm³/mol. The highest BCUT2D eigenvalue weighted by atomic mass is 35.5. The first-order chi connectivity index (χ1) is 7.26. The zero-order chi connectivity index (χ0) is 12.5. The van der Waals surface area contributed by atoms with E-state index in [0.717, 1.165) is 0 Å². The molecule has 0 aromatic heterocycles. The molecule has 0 bridgehead atoms. The van der Waals surface area contributed by atoms with Crippen LogP contribution in [0.4, 0.5) is 0 Å². The van der Waals surface area contributed by atoms with Gasteiger partial charge in [0.25, 0.3) is 0 Å². The fraction of sp³-hybridized carbons (Fsp3) is 0.500. The number of rotatable bonds is 3. The van der Waals surface area contributed by atoms with Crippen LogP contribution in [0.2, 0.25) is 10.0 Å². The van der Waals surface area contributed by atoms with Crippen LogP contribution in [0, 0.1) is 0 Å². The van der Waals surface area contributed by atoms with Crippen LogP contribution < -0.4 is 0 Å². The largest absolute Gasteiger partial charge is 0.386 e. The molecular formula is C12H17Cl2NO. The first-order valence-corrected chi connectivity index (χ1v) is 5.83. The normalized spacial score (nSPS) is 14.2. The maximum absolute atomic E-state index is 10.3. The number of hydrogen-bond donors (Lipinski definition) is 1. The highest BCUT2D eigenvalue weighted by molar-refractivity contribution is 6.33. The number of halogens is 2. The van der Waals surface area contributed by atoms with Crippen molar-refractivity contribution in [3.63, 3.8) is 0 Å². The molecule has 4 heteroatoms. The molecule has 0 aliphatic carbocycles. The lowest BCUT2D eigenvalue weighted by molar-refractivity contribution is 0.0165. The third-order valence-corrected chi connectivity index (χ3v) is 3.65. The van der Waals surface area contributed by atoms with E-state index in [-0.39, 0.29) is 0 Å². The molecule has 0 spiro atoms. The Balaban J connectivity index is 3.14. The maximum Gasteiger partial charge on any atom is 0.0982 e. The molecule has 1 N–H and O–H groups in total. The Morgan fingerprint density at radius 3 is 2.31 bits per heavy atom. The lowest BCUT2D eigenvalue weighted by Crippen LogP contribution is -2.43. The summed E-state index contributed by atoms with van der Waals surface area (Å²) in [5, 5.41) is 11.5. The minimum atomic E-state index is -0.686. The predicted octanol–water partition coefficient (Wildman–Crippen LogP) is 3.37. The molecule has 0 fully saturated rings. The molecule has 0 amide bonds. The average Bonchev–Trinajstić information content (AvgIpc) is 2.20. The quantitative estimate of drug-likeness (QED) is 0.902. The van der Waals surface area contributed by atoms with Gasteiger partial charge in [-0.25, -0.2) is 0 Å². The van der Waals surface area contributed by atoms with E-state index in [0.29, 0.717) is 15.6 Å². The molecule has 1 atom stereocenters. The van der Waals surface area contributed by atoms with E-state index < -0.39 is 11.6 Å². The van der Waals surface area contributed by atoms with Gasteiger partial charge in [-0.3, -0.25) is 0 Å². The van der Waals surface area contributed by atoms with Crippen molar-refractivity contribution >= 4 is 23.2 Å². The van der Waals surface area contributed by atoms with Gasteiger partial charge in [0.15, 0.2) is 0 Å². The van der Waals surface area contributed by atoms with Gasteiger partial charge in [-0.2, -0.15) is 0 Å². The second kappa shape index (κ2) is 4.92. The maximum atomic E-state index is 10.3. The van der Waals surface area contributed by atoms with Gasteiger partial charge in [0, 0.05) is 21.1 Å². The fourth-order valence-electron chi connectivity index (χ4n) is 1.35. The third-order valence-electron chi connectivity index (χ3n) is 3.07. The average molecular weight is 262 g/mol. The van der Waals surface area contributed by atoms with Crippen LogP contribution in [0.1, 0.15) is 25.5 Å². The van der Waals surface area contributed by atoms with Crippen LogP contribution in [0.15, 0.2) is 18.2 Å². The SMILES string of the molecule is CN(C)C(C)(C)C(O)c1cc(Cl)ccc1Cl. The highest BCUT2D eigenvalue weighted by Crippen LogP contribution is 2.34. The molecule has 1 aromatic carbocycles. The van der Waals surface area contributed by atoms with E-state index in [9.17, 15) is 5.11 Å². The van der Waals surface area contributed by atoms with Crippen molar-refractivity contribution in [1.29, 1.82) is 0 Å². The molecule has 1 unspecified atom stereocenters. The van der Waals surface area contributed by atoms with Gasteiger partial charge >= 0.3 is 0 Å². The van der Waals surface area contributed by atoms with Gasteiger partial charge in [0.1, 0.15) is 0 Å². The van der Waals surface area contributed by atoms with Crippen LogP contribution in [-0.2, 0) is 0 Å². The Morgan fingerprint density at radius 1 is 1.25 bits per heavy atom. The van der Waals surface area contributed by atoms with Crippen LogP contribution in [0.5, 0.6) is 0 Å². The van der Waals surface area contributed by atoms with Crippen molar-refractivity contribution in [2.24, 2.45) is 0 Å². The van der Waals surface area contributed by atoms with E-state index in [4.69, 9.17) is 23.2 Å². The van der Waals surface area contributed by atoms with E-state index >= 15 is 0 Å². The van der Waals surface area contributed by atoms with Crippen molar-refractivity contribution in [1.82, 2.24) is 4.90 Å². The van der Waals surface area contributed by atoms with Crippen LogP contribution in [0.3, 0.4) is 0 Å². The molecule has 0 saturated carbocycles. The number of hydrogen-bond acceptors (Lipinski definition) is 2. The molecule has 0 aliphatic heterocycles. The third kappa shape index (κ3) is 2.69. The fourth-order valence-corrected chi connectivity index (χ4v) is 1.75. The number of aliphatic hydroxyl groups excluding tert-OH is 1. The van der Waals surface area contributed by atoms with E-state index in [1.54, 1.807) is 18.2 Å². The van der Waals surface area contributed by atoms with Gasteiger partial charge in [0.2, 0.25) is 0 Å². The Hall–Kier alpha value is -0.280. The van der Waals surface area contributed by atoms with Crippen molar-refractivity contribution in [3.05, 3.63) is 33.8 Å². The van der Waals surface area contributed by atoms with Crippen LogP contribution >= 0.6 is 23.2 Å². The summed E-state index contributed by atoms with van der Waals surface area (Å²) >= 11 is 12.0. The summed E-state index contributed by atoms with van der Waals surface area (Å²) in [6.45, 7) is 3.91. The molecule has 1 rings (SSSR count). The Kier molecular flexibility index (Phi) is 4.24. The Morgan fingerprint density at radius 2 is 1.81 bits per heavy atom. The lowest BCUT2D eigenvalue weighted by atomic mass is 9.90. The molecule has 16 heavy (non-hydrogen) atoms. The Labute approximate surface area is 107 Å². The molecule has 0 aliphatic rings. The second-order valence-corrected chi connectivity index (χ2v) is 5.46. The molecule has 0 heterocycles. The molecule has 0 saturated heterocycles. The zero-order valence-corrected chi connectivity index (χ0v) is 11.5. The first-order valence-electron chi connectivity index (χ1n) is 5.07. The van der Waals surface area contributed by atoms with Gasteiger partial charge in [-0.15, -0.1) is 0 Å². The second-order valence-electron chi connectivity index (χ2n) is 4.62. The van der Waals surface area contributed by atoms with E-state index in [2.05, 4.69) is 0 Å². The Bertz CT molecular complexity index is 377. The highest BCUT2D eigenvalue weighted by Gasteiger charge is 2.32. The first kappa shape index (κ1) is 13.8. The molecule has 0 radical (unpaired) electrons. The number of nitrogens with zero attached hydrogens (tertiary/aromatic N) is 1. The van der Waals surface area contributed by atoms with Crippen LogP contribution in [0.25, 0.3) is 0 Å². The van der Waals surface area contributed by atoms with Gasteiger partial charge < -0.3 is 10.0 Å². The van der Waals surface area contributed by atoms with Crippen LogP contribution in [-0.4, -0.2) is 29.6 Å². The molecular weight excluding hydrogens is 245 g/mol. The molecule has 90 valence electrons. The number of likely N-dealkylation sites (N-methyl/N-ethyl adjacent to an activating group) is 1. The minimum Gasteiger partial charge on any atom is -0.386 e. The van der Waals surface area contributed by atoms with Crippen molar-refractivity contribution in [2.45, 2.75) is 25.5 Å². The summed E-state index contributed by atoms with van der Waals surface area (Å²) < 4.78 is 0.